The average molecular weight is 334 g/mol. The van der Waals surface area contributed by atoms with Gasteiger partial charge in [-0.2, -0.15) is 0 Å². The number of nitrogens with zero attached hydrogens (tertiary/aromatic N) is 2. The third-order valence-corrected chi connectivity index (χ3v) is 4.81. The van der Waals surface area contributed by atoms with E-state index in [2.05, 4.69) is 20.2 Å². The quantitative estimate of drug-likeness (QED) is 0.768. The van der Waals surface area contributed by atoms with Gasteiger partial charge in [-0.1, -0.05) is 30.3 Å². The molecule has 25 heavy (non-hydrogen) atoms. The van der Waals surface area contributed by atoms with Crippen LogP contribution < -0.4 is 5.32 Å². The lowest BCUT2D eigenvalue weighted by molar-refractivity contribution is -0.121. The van der Waals surface area contributed by atoms with E-state index < -0.39 is 0 Å². The number of aromatic nitrogens is 2. The Morgan fingerprint density at radius 3 is 2.56 bits per heavy atom. The summed E-state index contributed by atoms with van der Waals surface area (Å²) in [4.78, 5) is 22.8. The molecule has 0 saturated carbocycles. The Morgan fingerprint density at radius 2 is 1.80 bits per heavy atom. The molecule has 5 nitrogen and oxygen atoms in total. The van der Waals surface area contributed by atoms with Crippen molar-refractivity contribution in [3.8, 4) is 0 Å². The van der Waals surface area contributed by atoms with Crippen molar-refractivity contribution in [2.45, 2.75) is 19.4 Å². The van der Waals surface area contributed by atoms with Gasteiger partial charge in [0.25, 0.3) is 0 Å². The number of imidazole rings is 1. The predicted molar refractivity (Wildman–Crippen MR) is 99.2 cm³/mol. The van der Waals surface area contributed by atoms with E-state index in [0.29, 0.717) is 0 Å². The molecule has 2 aromatic carbocycles. The third-order valence-electron chi connectivity index (χ3n) is 4.81. The molecule has 1 amide bonds. The number of likely N-dealkylation sites (tertiary alicyclic amines) is 1. The van der Waals surface area contributed by atoms with Crippen molar-refractivity contribution in [2.75, 3.05) is 18.4 Å². The minimum Gasteiger partial charge on any atom is -0.341 e. The van der Waals surface area contributed by atoms with Crippen LogP contribution in [0.25, 0.3) is 11.0 Å². The van der Waals surface area contributed by atoms with Crippen LogP contribution in [-0.2, 0) is 11.3 Å². The zero-order valence-corrected chi connectivity index (χ0v) is 14.1. The van der Waals surface area contributed by atoms with Gasteiger partial charge in [-0.05, 0) is 50.2 Å². The molecule has 1 aromatic heterocycles. The Morgan fingerprint density at radius 1 is 1.08 bits per heavy atom. The van der Waals surface area contributed by atoms with Crippen LogP contribution in [0, 0.1) is 5.92 Å². The zero-order chi connectivity index (χ0) is 17.1. The lowest BCUT2D eigenvalue weighted by atomic mass is 9.96. The molecule has 1 aliphatic heterocycles. The summed E-state index contributed by atoms with van der Waals surface area (Å²) in [6.45, 7) is 2.65. The summed E-state index contributed by atoms with van der Waals surface area (Å²) in [5, 5.41) is 3.02. The molecule has 0 atom stereocenters. The molecule has 2 N–H and O–H groups in total. The Labute approximate surface area is 147 Å². The number of fused-ring (bicyclic) bond motifs is 1. The van der Waals surface area contributed by atoms with Crippen molar-refractivity contribution < 1.29 is 4.79 Å². The van der Waals surface area contributed by atoms with E-state index >= 15 is 0 Å². The second-order valence-electron chi connectivity index (χ2n) is 6.61. The van der Waals surface area contributed by atoms with E-state index in [9.17, 15) is 4.79 Å². The third kappa shape index (κ3) is 3.72. The molecule has 1 fully saturated rings. The fraction of sp³-hybridized carbons (Fsp3) is 0.300. The van der Waals surface area contributed by atoms with E-state index in [1.54, 1.807) is 0 Å². The molecule has 128 valence electrons. The highest BCUT2D eigenvalue weighted by Crippen LogP contribution is 2.21. The minimum absolute atomic E-state index is 0.0899. The van der Waals surface area contributed by atoms with Crippen molar-refractivity contribution in [2.24, 2.45) is 5.92 Å². The number of amides is 1. The van der Waals surface area contributed by atoms with Gasteiger partial charge in [-0.3, -0.25) is 9.69 Å². The number of carbonyl (C=O) groups excluding carboxylic acids is 1. The van der Waals surface area contributed by atoms with Gasteiger partial charge in [0.1, 0.15) is 5.82 Å². The van der Waals surface area contributed by atoms with Crippen LogP contribution in [0.4, 0.5) is 5.69 Å². The van der Waals surface area contributed by atoms with Crippen molar-refractivity contribution in [3.05, 3.63) is 60.4 Å². The van der Waals surface area contributed by atoms with Gasteiger partial charge >= 0.3 is 0 Å². The highest BCUT2D eigenvalue weighted by Gasteiger charge is 2.25. The van der Waals surface area contributed by atoms with E-state index in [1.165, 1.54) is 0 Å². The number of hydrogen-bond acceptors (Lipinski definition) is 3. The molecule has 0 spiro atoms. The number of aromatic amines is 1. The first-order valence-corrected chi connectivity index (χ1v) is 8.80. The molecule has 3 aromatic rings. The monoisotopic (exact) mass is 334 g/mol. The van der Waals surface area contributed by atoms with Crippen LogP contribution >= 0.6 is 0 Å². The summed E-state index contributed by atoms with van der Waals surface area (Å²) in [5.41, 5.74) is 2.96. The number of anilines is 1. The second kappa shape index (κ2) is 7.07. The maximum absolute atomic E-state index is 12.4. The Bertz CT molecular complexity index is 817. The van der Waals surface area contributed by atoms with E-state index in [-0.39, 0.29) is 11.8 Å². The number of benzene rings is 2. The summed E-state index contributed by atoms with van der Waals surface area (Å²) in [6, 6.07) is 17.8. The lowest BCUT2D eigenvalue weighted by Gasteiger charge is -2.30. The molecule has 0 bridgehead atoms. The summed E-state index contributed by atoms with van der Waals surface area (Å²) < 4.78 is 0. The van der Waals surface area contributed by atoms with Gasteiger partial charge in [0, 0.05) is 11.6 Å². The minimum atomic E-state index is 0.0899. The molecular formula is C20H22N4O. The molecule has 0 unspecified atom stereocenters. The topological polar surface area (TPSA) is 61.0 Å². The summed E-state index contributed by atoms with van der Waals surface area (Å²) >= 11 is 0. The fourth-order valence-electron chi connectivity index (χ4n) is 3.41. The molecule has 1 aliphatic rings. The molecule has 5 heteroatoms. The number of rotatable bonds is 4. The lowest BCUT2D eigenvalue weighted by Crippen LogP contribution is -2.38. The van der Waals surface area contributed by atoms with Crippen LogP contribution in [0.3, 0.4) is 0 Å². The Hall–Kier alpha value is -2.66. The normalized spacial score (nSPS) is 16.2. The van der Waals surface area contributed by atoms with Crippen molar-refractivity contribution >= 4 is 22.6 Å². The first-order chi connectivity index (χ1) is 12.3. The van der Waals surface area contributed by atoms with Crippen LogP contribution in [0.15, 0.2) is 54.6 Å². The summed E-state index contributed by atoms with van der Waals surface area (Å²) in [6.07, 6.45) is 1.78. The van der Waals surface area contributed by atoms with Gasteiger partial charge in [0.15, 0.2) is 0 Å². The average Bonchev–Trinajstić information content (AvgIpc) is 3.05. The smallest absolute Gasteiger partial charge is 0.227 e. The van der Waals surface area contributed by atoms with Gasteiger partial charge in [-0.15, -0.1) is 0 Å². The number of H-pyrrole nitrogens is 1. The SMILES string of the molecule is O=C(Nc1ccccc1)C1CCN(Cc2nc3ccccc3[nH]2)CC1. The number of nitrogens with one attached hydrogen (secondary N) is 2. The number of carbonyl (C=O) groups is 1. The van der Waals surface area contributed by atoms with E-state index in [4.69, 9.17) is 0 Å². The zero-order valence-electron chi connectivity index (χ0n) is 14.1. The molecular weight excluding hydrogens is 312 g/mol. The maximum Gasteiger partial charge on any atom is 0.227 e. The highest BCUT2D eigenvalue weighted by atomic mass is 16.1. The summed E-state index contributed by atoms with van der Waals surface area (Å²) in [7, 11) is 0. The van der Waals surface area contributed by atoms with Crippen LogP contribution in [0.2, 0.25) is 0 Å². The Balaban J connectivity index is 1.31. The largest absolute Gasteiger partial charge is 0.341 e. The Kier molecular flexibility index (Phi) is 4.48. The summed E-state index contributed by atoms with van der Waals surface area (Å²) in [5.74, 6) is 1.22. The van der Waals surface area contributed by atoms with Gasteiger partial charge in [-0.25, -0.2) is 4.98 Å². The van der Waals surface area contributed by atoms with Crippen molar-refractivity contribution in [1.82, 2.24) is 14.9 Å². The molecule has 1 saturated heterocycles. The first kappa shape index (κ1) is 15.8. The van der Waals surface area contributed by atoms with Crippen LogP contribution in [0.5, 0.6) is 0 Å². The molecule has 0 aliphatic carbocycles. The maximum atomic E-state index is 12.4. The van der Waals surface area contributed by atoms with Gasteiger partial charge in [0.2, 0.25) is 5.91 Å². The first-order valence-electron chi connectivity index (χ1n) is 8.80. The molecule has 0 radical (unpaired) electrons. The van der Waals surface area contributed by atoms with Crippen LogP contribution in [0.1, 0.15) is 18.7 Å². The number of piperidine rings is 1. The fourth-order valence-corrected chi connectivity index (χ4v) is 3.41. The van der Waals surface area contributed by atoms with Crippen molar-refractivity contribution in [1.29, 1.82) is 0 Å². The molecule has 2 heterocycles. The van der Waals surface area contributed by atoms with Crippen molar-refractivity contribution in [3.63, 3.8) is 0 Å². The number of hydrogen-bond donors (Lipinski definition) is 2. The van der Waals surface area contributed by atoms with Crippen LogP contribution in [-0.4, -0.2) is 33.9 Å². The van der Waals surface area contributed by atoms with Gasteiger partial charge < -0.3 is 10.3 Å². The highest BCUT2D eigenvalue weighted by molar-refractivity contribution is 5.92. The second-order valence-corrected chi connectivity index (χ2v) is 6.61. The number of para-hydroxylation sites is 3. The van der Waals surface area contributed by atoms with E-state index in [0.717, 1.165) is 55.0 Å². The van der Waals surface area contributed by atoms with Gasteiger partial charge in [0.05, 0.1) is 17.6 Å². The standard InChI is InChI=1S/C20H22N4O/c25-20(21-16-6-2-1-3-7-16)15-10-12-24(13-11-15)14-19-22-17-8-4-5-9-18(17)23-19/h1-9,15H,10-14H2,(H,21,25)(H,22,23). The van der Waals surface area contributed by atoms with E-state index in [1.807, 2.05) is 54.6 Å². The molecule has 4 rings (SSSR count). The predicted octanol–water partition coefficient (Wildman–Crippen LogP) is 3.41.